The van der Waals surface area contributed by atoms with Crippen LogP contribution in [0.25, 0.3) is 0 Å². The lowest BCUT2D eigenvalue weighted by Gasteiger charge is -2.02. The summed E-state index contributed by atoms with van der Waals surface area (Å²) >= 11 is 0. The number of hydrogen-bond donors (Lipinski definition) is 2. The molecule has 3 nitrogen and oxygen atoms in total. The van der Waals surface area contributed by atoms with Crippen molar-refractivity contribution in [1.82, 2.24) is 5.32 Å². The maximum atomic E-state index is 11.0. The third kappa shape index (κ3) is 7.12. The molecule has 0 unspecified atom stereocenters. The van der Waals surface area contributed by atoms with Crippen LogP contribution in [0.15, 0.2) is 12.3 Å². The van der Waals surface area contributed by atoms with Gasteiger partial charge in [0.2, 0.25) is 5.91 Å². The summed E-state index contributed by atoms with van der Waals surface area (Å²) in [6.45, 7) is 6.08. The average Bonchev–Trinajstić information content (AvgIpc) is 2.00. The number of nitrogens with one attached hydrogen (secondary N) is 1. The van der Waals surface area contributed by atoms with Crippen molar-refractivity contribution in [3.8, 4) is 0 Å². The molecule has 0 aliphatic carbocycles. The molecule has 0 aliphatic heterocycles. The van der Waals surface area contributed by atoms with Crippen molar-refractivity contribution >= 4 is 5.91 Å². The number of hydrogen-bond acceptors (Lipinski definition) is 2. The Balaban J connectivity index is 3.25. The third-order valence-corrected chi connectivity index (χ3v) is 1.44. The maximum Gasteiger partial charge on any atom is 0.220 e. The Bertz CT molecular complexity index is 155. The van der Waals surface area contributed by atoms with Crippen LogP contribution < -0.4 is 5.32 Å². The highest BCUT2D eigenvalue weighted by molar-refractivity contribution is 5.75. The minimum atomic E-state index is 0.0538. The Morgan fingerprint density at radius 2 is 2.17 bits per heavy atom. The van der Waals surface area contributed by atoms with Crippen LogP contribution in [0.2, 0.25) is 0 Å². The van der Waals surface area contributed by atoms with Crippen LogP contribution in [0.1, 0.15) is 32.6 Å². The molecule has 0 aliphatic rings. The lowest BCUT2D eigenvalue weighted by Crippen LogP contribution is -2.23. The minimum Gasteiger partial charge on any atom is -0.513 e. The average molecular weight is 171 g/mol. The first-order valence-corrected chi connectivity index (χ1v) is 4.30. The van der Waals surface area contributed by atoms with Crippen molar-refractivity contribution in [2.45, 2.75) is 32.6 Å². The van der Waals surface area contributed by atoms with Crippen LogP contribution in [0, 0.1) is 0 Å². The predicted octanol–water partition coefficient (Wildman–Crippen LogP) is 1.75. The lowest BCUT2D eigenvalue weighted by molar-refractivity contribution is -0.121. The third-order valence-electron chi connectivity index (χ3n) is 1.44. The van der Waals surface area contributed by atoms with Gasteiger partial charge in [-0.3, -0.25) is 4.79 Å². The van der Waals surface area contributed by atoms with Crippen LogP contribution in [0.5, 0.6) is 0 Å². The summed E-state index contributed by atoms with van der Waals surface area (Å²) in [5.41, 5.74) is 0. The largest absolute Gasteiger partial charge is 0.513 e. The molecule has 0 rings (SSSR count). The van der Waals surface area contributed by atoms with Crippen molar-refractivity contribution in [3.05, 3.63) is 12.3 Å². The first kappa shape index (κ1) is 11.0. The fourth-order valence-corrected chi connectivity index (χ4v) is 0.806. The Hall–Kier alpha value is -0.990. The normalized spacial score (nSPS) is 9.42. The summed E-state index contributed by atoms with van der Waals surface area (Å²) in [4.78, 5) is 11.0. The number of aliphatic hydroxyl groups is 1. The second kappa shape index (κ2) is 6.70. The van der Waals surface area contributed by atoms with Gasteiger partial charge in [0.15, 0.2) is 0 Å². The molecule has 0 saturated heterocycles. The van der Waals surface area contributed by atoms with Crippen LogP contribution in [-0.4, -0.2) is 17.6 Å². The summed E-state index contributed by atoms with van der Waals surface area (Å²) in [6, 6.07) is 0. The van der Waals surface area contributed by atoms with E-state index in [0.717, 1.165) is 13.0 Å². The van der Waals surface area contributed by atoms with Crippen molar-refractivity contribution in [2.24, 2.45) is 0 Å². The highest BCUT2D eigenvalue weighted by Crippen LogP contribution is 2.00. The SMILES string of the molecule is C=C(O)CCCC(=O)NCCC. The van der Waals surface area contributed by atoms with Gasteiger partial charge in [0.25, 0.3) is 0 Å². The molecule has 0 heterocycles. The smallest absolute Gasteiger partial charge is 0.220 e. The molecule has 0 aromatic carbocycles. The Morgan fingerprint density at radius 3 is 2.67 bits per heavy atom. The number of allylic oxidation sites excluding steroid dienone is 1. The van der Waals surface area contributed by atoms with E-state index in [1.54, 1.807) is 0 Å². The van der Waals surface area contributed by atoms with Crippen LogP contribution >= 0.6 is 0 Å². The zero-order chi connectivity index (χ0) is 9.40. The molecule has 12 heavy (non-hydrogen) atoms. The topological polar surface area (TPSA) is 49.3 Å². The van der Waals surface area contributed by atoms with E-state index in [4.69, 9.17) is 5.11 Å². The molecule has 0 saturated carbocycles. The first-order valence-electron chi connectivity index (χ1n) is 4.30. The molecule has 0 fully saturated rings. The van der Waals surface area contributed by atoms with Crippen molar-refractivity contribution in [3.63, 3.8) is 0 Å². The van der Waals surface area contributed by atoms with E-state index in [1.165, 1.54) is 0 Å². The molecule has 3 heteroatoms. The standard InChI is InChI=1S/C9H17NO2/c1-3-7-10-9(12)6-4-5-8(2)11/h11H,2-7H2,1H3,(H,10,12). The van der Waals surface area contributed by atoms with Gasteiger partial charge in [0.05, 0.1) is 5.76 Å². The second-order valence-electron chi connectivity index (χ2n) is 2.77. The van der Waals surface area contributed by atoms with Crippen LogP contribution in [0.3, 0.4) is 0 Å². The molecule has 0 bridgehead atoms. The number of aliphatic hydroxyl groups excluding tert-OH is 1. The lowest BCUT2D eigenvalue weighted by atomic mass is 10.2. The Morgan fingerprint density at radius 1 is 1.50 bits per heavy atom. The minimum absolute atomic E-state index is 0.0538. The number of carbonyl (C=O) groups excluding carboxylic acids is 1. The molecule has 70 valence electrons. The zero-order valence-corrected chi connectivity index (χ0v) is 7.60. The highest BCUT2D eigenvalue weighted by atomic mass is 16.3. The molecule has 0 spiro atoms. The Kier molecular flexibility index (Phi) is 6.15. The van der Waals surface area contributed by atoms with Crippen LogP contribution in [-0.2, 0) is 4.79 Å². The summed E-state index contributed by atoms with van der Waals surface area (Å²) in [5.74, 6) is 0.205. The fraction of sp³-hybridized carbons (Fsp3) is 0.667. The first-order chi connectivity index (χ1) is 5.66. The maximum absolute atomic E-state index is 11.0. The van der Waals surface area contributed by atoms with E-state index < -0.39 is 0 Å². The van der Waals surface area contributed by atoms with Gasteiger partial charge in [-0.25, -0.2) is 0 Å². The summed E-state index contributed by atoms with van der Waals surface area (Å²) in [7, 11) is 0. The van der Waals surface area contributed by atoms with Gasteiger partial charge in [-0.1, -0.05) is 13.5 Å². The quantitative estimate of drug-likeness (QED) is 0.598. The molecule has 2 N–H and O–H groups in total. The van der Waals surface area contributed by atoms with E-state index in [9.17, 15) is 4.79 Å². The van der Waals surface area contributed by atoms with Gasteiger partial charge >= 0.3 is 0 Å². The molecular formula is C9H17NO2. The zero-order valence-electron chi connectivity index (χ0n) is 7.60. The van der Waals surface area contributed by atoms with Crippen molar-refractivity contribution in [2.75, 3.05) is 6.54 Å². The Labute approximate surface area is 73.5 Å². The number of amides is 1. The van der Waals surface area contributed by atoms with Crippen molar-refractivity contribution in [1.29, 1.82) is 0 Å². The second-order valence-corrected chi connectivity index (χ2v) is 2.77. The van der Waals surface area contributed by atoms with Gasteiger partial charge in [-0.2, -0.15) is 0 Å². The van der Waals surface area contributed by atoms with Crippen LogP contribution in [0.4, 0.5) is 0 Å². The molecular weight excluding hydrogens is 154 g/mol. The highest BCUT2D eigenvalue weighted by Gasteiger charge is 1.99. The molecule has 0 atom stereocenters. The number of rotatable bonds is 6. The predicted molar refractivity (Wildman–Crippen MR) is 48.9 cm³/mol. The summed E-state index contributed by atoms with van der Waals surface area (Å²) in [5, 5.41) is 11.5. The van der Waals surface area contributed by atoms with E-state index in [-0.39, 0.29) is 11.7 Å². The molecule has 0 aromatic heterocycles. The molecule has 1 amide bonds. The fourth-order valence-electron chi connectivity index (χ4n) is 0.806. The van der Waals surface area contributed by atoms with E-state index >= 15 is 0 Å². The molecule has 0 aromatic rings. The van der Waals surface area contributed by atoms with Gasteiger partial charge < -0.3 is 10.4 Å². The summed E-state index contributed by atoms with van der Waals surface area (Å²) < 4.78 is 0. The van der Waals surface area contributed by atoms with E-state index in [2.05, 4.69) is 11.9 Å². The van der Waals surface area contributed by atoms with Gasteiger partial charge in [0.1, 0.15) is 0 Å². The molecule has 0 radical (unpaired) electrons. The monoisotopic (exact) mass is 171 g/mol. The van der Waals surface area contributed by atoms with Gasteiger partial charge in [0, 0.05) is 19.4 Å². The van der Waals surface area contributed by atoms with Gasteiger partial charge in [-0.15, -0.1) is 0 Å². The summed E-state index contributed by atoms with van der Waals surface area (Å²) in [6.07, 6.45) is 2.61. The van der Waals surface area contributed by atoms with E-state index in [1.807, 2.05) is 6.92 Å². The van der Waals surface area contributed by atoms with Crippen molar-refractivity contribution < 1.29 is 9.90 Å². The number of carbonyl (C=O) groups is 1. The van der Waals surface area contributed by atoms with Gasteiger partial charge in [-0.05, 0) is 12.8 Å². The van der Waals surface area contributed by atoms with E-state index in [0.29, 0.717) is 19.3 Å².